The molecule has 1 aliphatic heterocycles. The highest BCUT2D eigenvalue weighted by atomic mass is 16.5. The first-order valence-corrected chi connectivity index (χ1v) is 7.34. The molecule has 0 fully saturated rings. The number of aryl methyl sites for hydroxylation is 1. The summed E-state index contributed by atoms with van der Waals surface area (Å²) < 4.78 is 7.46. The highest BCUT2D eigenvalue weighted by Gasteiger charge is 2.32. The Labute approximate surface area is 128 Å². The average molecular weight is 301 g/mol. The minimum Gasteiger partial charge on any atom is -0.381 e. The number of hydrogen-bond donors (Lipinski definition) is 0. The van der Waals surface area contributed by atoms with Crippen LogP contribution in [0.2, 0.25) is 0 Å². The van der Waals surface area contributed by atoms with Crippen molar-refractivity contribution in [3.05, 3.63) is 41.7 Å². The maximum atomic E-state index is 12.6. The number of hydrogen-bond acceptors (Lipinski definition) is 5. The summed E-state index contributed by atoms with van der Waals surface area (Å²) in [5.74, 6) is 0.0147. The zero-order valence-electron chi connectivity index (χ0n) is 12.8. The fraction of sp³-hybridized carbons (Fsp3) is 0.467. The molecule has 2 aromatic rings. The van der Waals surface area contributed by atoms with Crippen LogP contribution >= 0.6 is 0 Å². The normalized spacial score (nSPS) is 17.4. The first kappa shape index (κ1) is 14.6. The zero-order valence-corrected chi connectivity index (χ0v) is 12.8. The fourth-order valence-corrected chi connectivity index (χ4v) is 2.88. The largest absolute Gasteiger partial charge is 0.381 e. The zero-order chi connectivity index (χ0) is 15.5. The van der Waals surface area contributed by atoms with Crippen LogP contribution in [0.1, 0.15) is 34.6 Å². The van der Waals surface area contributed by atoms with Crippen LogP contribution in [0.5, 0.6) is 0 Å². The number of fused-ring (bicyclic) bond motifs is 1. The van der Waals surface area contributed by atoms with Crippen molar-refractivity contribution >= 4 is 5.91 Å². The van der Waals surface area contributed by atoms with Crippen LogP contribution in [0, 0.1) is 0 Å². The standard InChI is InChI=1S/C15H19N5O2/c1-3-22-10-12-9-20(8-11-6-18-19(2)14(11)12)15(21)13-7-16-4-5-17-13/h4-7,12H,3,8-10H2,1-2H3. The Morgan fingerprint density at radius 2 is 2.27 bits per heavy atom. The van der Waals surface area contributed by atoms with E-state index in [1.165, 1.54) is 12.4 Å². The summed E-state index contributed by atoms with van der Waals surface area (Å²) in [5.41, 5.74) is 2.58. The quantitative estimate of drug-likeness (QED) is 0.842. The van der Waals surface area contributed by atoms with E-state index < -0.39 is 0 Å². The van der Waals surface area contributed by atoms with E-state index in [0.29, 0.717) is 32.0 Å². The molecule has 1 amide bonds. The molecular formula is C15H19N5O2. The molecule has 1 atom stereocenters. The molecule has 0 saturated carbocycles. The smallest absolute Gasteiger partial charge is 0.274 e. The van der Waals surface area contributed by atoms with Crippen molar-refractivity contribution in [1.29, 1.82) is 0 Å². The van der Waals surface area contributed by atoms with E-state index >= 15 is 0 Å². The Hall–Kier alpha value is -2.28. The SMILES string of the molecule is CCOCC1CN(C(=O)c2cnccn2)Cc2cnn(C)c21. The molecule has 0 aliphatic carbocycles. The van der Waals surface area contributed by atoms with Gasteiger partial charge in [-0.3, -0.25) is 14.5 Å². The van der Waals surface area contributed by atoms with Crippen molar-refractivity contribution < 1.29 is 9.53 Å². The Morgan fingerprint density at radius 3 is 3.00 bits per heavy atom. The van der Waals surface area contributed by atoms with Gasteiger partial charge in [0.1, 0.15) is 5.69 Å². The number of rotatable bonds is 4. The summed E-state index contributed by atoms with van der Waals surface area (Å²) in [5, 5.41) is 4.32. The van der Waals surface area contributed by atoms with Crippen molar-refractivity contribution in [2.75, 3.05) is 19.8 Å². The van der Waals surface area contributed by atoms with E-state index in [9.17, 15) is 4.79 Å². The van der Waals surface area contributed by atoms with E-state index in [1.807, 2.05) is 24.9 Å². The molecule has 0 N–H and O–H groups in total. The van der Waals surface area contributed by atoms with Crippen LogP contribution < -0.4 is 0 Å². The number of carbonyl (C=O) groups is 1. The molecule has 7 nitrogen and oxygen atoms in total. The molecule has 0 bridgehead atoms. The lowest BCUT2D eigenvalue weighted by Crippen LogP contribution is -2.40. The Bertz CT molecular complexity index is 655. The van der Waals surface area contributed by atoms with E-state index in [0.717, 1.165) is 11.3 Å². The third-order valence-corrected chi connectivity index (χ3v) is 3.85. The third kappa shape index (κ3) is 2.71. The van der Waals surface area contributed by atoms with Gasteiger partial charge in [0.15, 0.2) is 0 Å². The summed E-state index contributed by atoms with van der Waals surface area (Å²) in [7, 11) is 1.93. The summed E-state index contributed by atoms with van der Waals surface area (Å²) in [6.07, 6.45) is 6.41. The molecule has 2 aromatic heterocycles. The van der Waals surface area contributed by atoms with E-state index in [-0.39, 0.29) is 11.8 Å². The van der Waals surface area contributed by atoms with Crippen LogP contribution in [-0.2, 0) is 18.3 Å². The summed E-state index contributed by atoms with van der Waals surface area (Å²) in [6, 6.07) is 0. The second kappa shape index (κ2) is 6.23. The van der Waals surface area contributed by atoms with E-state index in [1.54, 1.807) is 11.1 Å². The van der Waals surface area contributed by atoms with Gasteiger partial charge in [0.05, 0.1) is 24.7 Å². The molecule has 7 heteroatoms. The Kier molecular flexibility index (Phi) is 4.15. The van der Waals surface area contributed by atoms with Crippen molar-refractivity contribution in [3.8, 4) is 0 Å². The lowest BCUT2D eigenvalue weighted by molar-refractivity contribution is 0.0642. The first-order chi connectivity index (χ1) is 10.7. The molecule has 1 unspecified atom stereocenters. The van der Waals surface area contributed by atoms with Crippen molar-refractivity contribution in [2.24, 2.45) is 7.05 Å². The minimum absolute atomic E-state index is 0.107. The van der Waals surface area contributed by atoms with Gasteiger partial charge in [-0.05, 0) is 6.92 Å². The Morgan fingerprint density at radius 1 is 1.41 bits per heavy atom. The molecule has 116 valence electrons. The number of aromatic nitrogens is 4. The Balaban J connectivity index is 1.85. The van der Waals surface area contributed by atoms with Crippen LogP contribution in [-0.4, -0.2) is 50.3 Å². The maximum Gasteiger partial charge on any atom is 0.274 e. The van der Waals surface area contributed by atoms with Gasteiger partial charge in [-0.1, -0.05) is 0 Å². The van der Waals surface area contributed by atoms with Gasteiger partial charge in [0.25, 0.3) is 5.91 Å². The van der Waals surface area contributed by atoms with Gasteiger partial charge in [-0.15, -0.1) is 0 Å². The molecule has 0 saturated heterocycles. The molecule has 0 aromatic carbocycles. The average Bonchev–Trinajstić information content (AvgIpc) is 2.94. The summed E-state index contributed by atoms with van der Waals surface area (Å²) in [6.45, 7) is 4.34. The van der Waals surface area contributed by atoms with E-state index in [4.69, 9.17) is 4.74 Å². The van der Waals surface area contributed by atoms with Gasteiger partial charge in [-0.25, -0.2) is 4.98 Å². The molecular weight excluding hydrogens is 282 g/mol. The lowest BCUT2D eigenvalue weighted by atomic mass is 9.96. The highest BCUT2D eigenvalue weighted by Crippen LogP contribution is 2.28. The molecule has 1 aliphatic rings. The van der Waals surface area contributed by atoms with Gasteiger partial charge in [-0.2, -0.15) is 5.10 Å². The first-order valence-electron chi connectivity index (χ1n) is 7.34. The van der Waals surface area contributed by atoms with Crippen LogP contribution in [0.3, 0.4) is 0 Å². The van der Waals surface area contributed by atoms with Gasteiger partial charge in [0.2, 0.25) is 0 Å². The number of nitrogens with zero attached hydrogens (tertiary/aromatic N) is 5. The molecule has 22 heavy (non-hydrogen) atoms. The fourth-order valence-electron chi connectivity index (χ4n) is 2.88. The van der Waals surface area contributed by atoms with Gasteiger partial charge in [0, 0.05) is 50.6 Å². The predicted octanol–water partition coefficient (Wildman–Crippen LogP) is 0.986. The predicted molar refractivity (Wildman–Crippen MR) is 79.2 cm³/mol. The summed E-state index contributed by atoms with van der Waals surface area (Å²) in [4.78, 5) is 22.4. The second-order valence-corrected chi connectivity index (χ2v) is 5.31. The lowest BCUT2D eigenvalue weighted by Gasteiger charge is -2.32. The van der Waals surface area contributed by atoms with Crippen molar-refractivity contribution in [3.63, 3.8) is 0 Å². The van der Waals surface area contributed by atoms with Crippen LogP contribution in [0.15, 0.2) is 24.8 Å². The minimum atomic E-state index is -0.107. The molecule has 0 spiro atoms. The maximum absolute atomic E-state index is 12.6. The van der Waals surface area contributed by atoms with Crippen LogP contribution in [0.25, 0.3) is 0 Å². The third-order valence-electron chi connectivity index (χ3n) is 3.85. The topological polar surface area (TPSA) is 73.1 Å². The van der Waals surface area contributed by atoms with Crippen LogP contribution in [0.4, 0.5) is 0 Å². The molecule has 0 radical (unpaired) electrons. The highest BCUT2D eigenvalue weighted by molar-refractivity contribution is 5.92. The summed E-state index contributed by atoms with van der Waals surface area (Å²) >= 11 is 0. The second-order valence-electron chi connectivity index (χ2n) is 5.31. The van der Waals surface area contributed by atoms with Gasteiger partial charge < -0.3 is 9.64 Å². The van der Waals surface area contributed by atoms with Crippen molar-refractivity contribution in [1.82, 2.24) is 24.6 Å². The van der Waals surface area contributed by atoms with E-state index in [2.05, 4.69) is 15.1 Å². The number of ether oxygens (including phenoxy) is 1. The number of amides is 1. The monoisotopic (exact) mass is 301 g/mol. The van der Waals surface area contributed by atoms with Gasteiger partial charge >= 0.3 is 0 Å². The van der Waals surface area contributed by atoms with Crippen molar-refractivity contribution in [2.45, 2.75) is 19.4 Å². The number of carbonyl (C=O) groups excluding carboxylic acids is 1. The molecule has 3 rings (SSSR count). The molecule has 3 heterocycles.